The number of amides is 2. The molecule has 0 radical (unpaired) electrons. The fourth-order valence-electron chi connectivity index (χ4n) is 2.45. The minimum Gasteiger partial charge on any atom is -0.396 e. The Balaban J connectivity index is 2.15. The van der Waals surface area contributed by atoms with Gasteiger partial charge in [0.1, 0.15) is 0 Å². The summed E-state index contributed by atoms with van der Waals surface area (Å²) in [4.78, 5) is 11.5. The number of aliphatic hydroxyl groups excluding tert-OH is 1. The van der Waals surface area contributed by atoms with E-state index in [9.17, 15) is 4.79 Å². The van der Waals surface area contributed by atoms with Gasteiger partial charge in [0.2, 0.25) is 0 Å². The third-order valence-corrected chi connectivity index (χ3v) is 3.67. The van der Waals surface area contributed by atoms with Crippen LogP contribution in [0.15, 0.2) is 0 Å². The molecule has 0 saturated heterocycles. The van der Waals surface area contributed by atoms with Gasteiger partial charge in [0, 0.05) is 19.2 Å². The van der Waals surface area contributed by atoms with Gasteiger partial charge in [-0.15, -0.1) is 0 Å². The summed E-state index contributed by atoms with van der Waals surface area (Å²) < 4.78 is 0. The summed E-state index contributed by atoms with van der Waals surface area (Å²) in [6.45, 7) is 5.23. The molecule has 1 rings (SSSR count). The van der Waals surface area contributed by atoms with Crippen molar-refractivity contribution in [1.82, 2.24) is 10.6 Å². The molecule has 0 aliphatic heterocycles. The van der Waals surface area contributed by atoms with Gasteiger partial charge >= 0.3 is 6.03 Å². The van der Waals surface area contributed by atoms with Crippen molar-refractivity contribution >= 4 is 6.03 Å². The molecule has 2 amide bonds. The molecule has 0 bridgehead atoms. The molecule has 1 aliphatic carbocycles. The van der Waals surface area contributed by atoms with Gasteiger partial charge in [-0.05, 0) is 43.9 Å². The standard InChI is InChI=1S/C13H26N2O2/c1-10(2)11-4-6-12(7-5-11)15-13(17)14-8-3-9-16/h10-12,16H,3-9H2,1-2H3,(H2,14,15,17). The SMILES string of the molecule is CC(C)C1CCC(NC(=O)NCCCO)CC1. The summed E-state index contributed by atoms with van der Waals surface area (Å²) in [7, 11) is 0. The molecule has 4 nitrogen and oxygen atoms in total. The monoisotopic (exact) mass is 242 g/mol. The second-order valence-corrected chi connectivity index (χ2v) is 5.33. The summed E-state index contributed by atoms with van der Waals surface area (Å²) in [5, 5.41) is 14.4. The van der Waals surface area contributed by atoms with E-state index < -0.39 is 0 Å². The van der Waals surface area contributed by atoms with E-state index in [-0.39, 0.29) is 12.6 Å². The lowest BCUT2D eigenvalue weighted by Crippen LogP contribution is -2.44. The van der Waals surface area contributed by atoms with Gasteiger partial charge < -0.3 is 15.7 Å². The van der Waals surface area contributed by atoms with Crippen LogP contribution >= 0.6 is 0 Å². The lowest BCUT2D eigenvalue weighted by molar-refractivity contribution is 0.214. The molecule has 17 heavy (non-hydrogen) atoms. The van der Waals surface area contributed by atoms with Gasteiger partial charge in [0.15, 0.2) is 0 Å². The lowest BCUT2D eigenvalue weighted by Gasteiger charge is -2.31. The van der Waals surface area contributed by atoms with Gasteiger partial charge in [-0.25, -0.2) is 4.79 Å². The molecule has 0 aromatic heterocycles. The molecule has 100 valence electrons. The average molecular weight is 242 g/mol. The highest BCUT2D eigenvalue weighted by Gasteiger charge is 2.23. The van der Waals surface area contributed by atoms with Crippen molar-refractivity contribution in [2.75, 3.05) is 13.2 Å². The normalized spacial score (nSPS) is 24.7. The highest BCUT2D eigenvalue weighted by atomic mass is 16.3. The Morgan fingerprint density at radius 3 is 2.47 bits per heavy atom. The van der Waals surface area contributed by atoms with Crippen molar-refractivity contribution in [2.24, 2.45) is 11.8 Å². The molecule has 1 aliphatic rings. The number of rotatable bonds is 5. The predicted octanol–water partition coefficient (Wildman–Crippen LogP) is 1.88. The molecule has 0 heterocycles. The fraction of sp³-hybridized carbons (Fsp3) is 0.923. The Hall–Kier alpha value is -0.770. The zero-order valence-corrected chi connectivity index (χ0v) is 11.0. The topological polar surface area (TPSA) is 61.4 Å². The lowest BCUT2D eigenvalue weighted by atomic mass is 9.80. The first-order valence-corrected chi connectivity index (χ1v) is 6.78. The van der Waals surface area contributed by atoms with Crippen molar-refractivity contribution in [3.63, 3.8) is 0 Å². The van der Waals surface area contributed by atoms with Gasteiger partial charge in [-0.1, -0.05) is 13.8 Å². The minimum absolute atomic E-state index is 0.0913. The van der Waals surface area contributed by atoms with Crippen LogP contribution in [0.4, 0.5) is 4.79 Å². The van der Waals surface area contributed by atoms with E-state index in [0.29, 0.717) is 19.0 Å². The Kier molecular flexibility index (Phi) is 6.34. The first-order valence-electron chi connectivity index (χ1n) is 6.78. The molecule has 1 fully saturated rings. The number of nitrogens with one attached hydrogen (secondary N) is 2. The molecule has 0 atom stereocenters. The van der Waals surface area contributed by atoms with Crippen molar-refractivity contribution in [3.05, 3.63) is 0 Å². The van der Waals surface area contributed by atoms with Gasteiger partial charge in [-0.2, -0.15) is 0 Å². The molecule has 0 aromatic carbocycles. The molecule has 0 aromatic rings. The van der Waals surface area contributed by atoms with Crippen LogP contribution < -0.4 is 10.6 Å². The van der Waals surface area contributed by atoms with Crippen LogP contribution in [0.5, 0.6) is 0 Å². The van der Waals surface area contributed by atoms with Crippen molar-refractivity contribution in [1.29, 1.82) is 0 Å². The third-order valence-electron chi connectivity index (χ3n) is 3.67. The number of carbonyl (C=O) groups excluding carboxylic acids is 1. The van der Waals surface area contributed by atoms with E-state index in [1.165, 1.54) is 12.8 Å². The number of hydrogen-bond donors (Lipinski definition) is 3. The summed E-state index contributed by atoms with van der Waals surface area (Å²) in [6, 6.07) is 0.241. The Bertz CT molecular complexity index is 223. The average Bonchev–Trinajstić information content (AvgIpc) is 2.30. The third kappa shape index (κ3) is 5.39. The fourth-order valence-corrected chi connectivity index (χ4v) is 2.45. The van der Waals surface area contributed by atoms with Crippen LogP contribution in [-0.2, 0) is 0 Å². The zero-order valence-electron chi connectivity index (χ0n) is 11.0. The van der Waals surface area contributed by atoms with E-state index in [0.717, 1.165) is 24.7 Å². The molecular weight excluding hydrogens is 216 g/mol. The van der Waals surface area contributed by atoms with Crippen LogP contribution in [-0.4, -0.2) is 30.3 Å². The quantitative estimate of drug-likeness (QED) is 0.645. The predicted molar refractivity (Wildman–Crippen MR) is 68.8 cm³/mol. The van der Waals surface area contributed by atoms with E-state index in [4.69, 9.17) is 5.11 Å². The summed E-state index contributed by atoms with van der Waals surface area (Å²) in [6.07, 6.45) is 5.25. The number of hydrogen-bond acceptors (Lipinski definition) is 2. The Labute approximate surface area is 104 Å². The van der Waals surface area contributed by atoms with Crippen LogP contribution in [0.25, 0.3) is 0 Å². The van der Waals surface area contributed by atoms with Gasteiger partial charge in [-0.3, -0.25) is 0 Å². The summed E-state index contributed by atoms with van der Waals surface area (Å²) in [5.74, 6) is 1.58. The largest absolute Gasteiger partial charge is 0.396 e. The Morgan fingerprint density at radius 1 is 1.29 bits per heavy atom. The van der Waals surface area contributed by atoms with Crippen LogP contribution in [0.1, 0.15) is 46.0 Å². The molecule has 1 saturated carbocycles. The van der Waals surface area contributed by atoms with Crippen LogP contribution in [0.3, 0.4) is 0 Å². The summed E-state index contributed by atoms with van der Waals surface area (Å²) in [5.41, 5.74) is 0. The maximum Gasteiger partial charge on any atom is 0.315 e. The van der Waals surface area contributed by atoms with Crippen molar-refractivity contribution in [3.8, 4) is 0 Å². The van der Waals surface area contributed by atoms with Crippen molar-refractivity contribution < 1.29 is 9.90 Å². The van der Waals surface area contributed by atoms with Crippen molar-refractivity contribution in [2.45, 2.75) is 52.0 Å². The maximum absolute atomic E-state index is 11.5. The first kappa shape index (κ1) is 14.3. The molecule has 4 heteroatoms. The van der Waals surface area contributed by atoms with E-state index >= 15 is 0 Å². The van der Waals surface area contributed by atoms with E-state index in [1.54, 1.807) is 0 Å². The smallest absolute Gasteiger partial charge is 0.315 e. The first-order chi connectivity index (χ1) is 8.13. The Morgan fingerprint density at radius 2 is 1.94 bits per heavy atom. The zero-order chi connectivity index (χ0) is 12.7. The minimum atomic E-state index is -0.0913. The molecule has 0 unspecified atom stereocenters. The van der Waals surface area contributed by atoms with Gasteiger partial charge in [0.05, 0.1) is 0 Å². The summed E-state index contributed by atoms with van der Waals surface area (Å²) >= 11 is 0. The number of aliphatic hydroxyl groups is 1. The van der Waals surface area contributed by atoms with Crippen LogP contribution in [0, 0.1) is 11.8 Å². The second-order valence-electron chi connectivity index (χ2n) is 5.33. The van der Waals surface area contributed by atoms with E-state index in [2.05, 4.69) is 24.5 Å². The molecule has 0 spiro atoms. The molecular formula is C13H26N2O2. The number of urea groups is 1. The second kappa shape index (κ2) is 7.54. The highest BCUT2D eigenvalue weighted by molar-refractivity contribution is 5.74. The van der Waals surface area contributed by atoms with Crippen LogP contribution in [0.2, 0.25) is 0 Å². The molecule has 3 N–H and O–H groups in total. The van der Waals surface area contributed by atoms with E-state index in [1.807, 2.05) is 0 Å². The number of carbonyl (C=O) groups is 1. The highest BCUT2D eigenvalue weighted by Crippen LogP contribution is 2.29. The van der Waals surface area contributed by atoms with Gasteiger partial charge in [0.25, 0.3) is 0 Å². The maximum atomic E-state index is 11.5.